The minimum Gasteiger partial charge on any atom is -0.467 e. The lowest BCUT2D eigenvalue weighted by Crippen LogP contribution is -2.41. The van der Waals surface area contributed by atoms with Crippen molar-refractivity contribution in [1.29, 1.82) is 0 Å². The van der Waals surface area contributed by atoms with Gasteiger partial charge in [-0.25, -0.2) is 17.9 Å². The predicted molar refractivity (Wildman–Crippen MR) is 82.7 cm³/mol. The molecule has 1 heterocycles. The fraction of sp³-hybridized carbons (Fsp3) is 0.643. The van der Waals surface area contributed by atoms with Gasteiger partial charge < -0.3 is 14.6 Å². The number of furan rings is 1. The van der Waals surface area contributed by atoms with Crippen LogP contribution in [0, 0.1) is 5.92 Å². The summed E-state index contributed by atoms with van der Waals surface area (Å²) >= 11 is 0. The first kappa shape index (κ1) is 16.8. The Morgan fingerprint density at radius 1 is 1.45 bits per heavy atom. The summed E-state index contributed by atoms with van der Waals surface area (Å²) in [5.41, 5.74) is 0. The highest BCUT2D eigenvalue weighted by Crippen LogP contribution is 2.25. The van der Waals surface area contributed by atoms with Crippen molar-refractivity contribution in [1.82, 2.24) is 14.9 Å². The summed E-state index contributed by atoms with van der Waals surface area (Å²) in [4.78, 5) is 13.3. The van der Waals surface area contributed by atoms with Gasteiger partial charge in [-0.2, -0.15) is 0 Å². The molecule has 0 unspecified atom stereocenters. The summed E-state index contributed by atoms with van der Waals surface area (Å²) in [5, 5.41) is 2.59. The van der Waals surface area contributed by atoms with Crippen molar-refractivity contribution in [3.8, 4) is 0 Å². The number of nitrogens with zero attached hydrogens (tertiary/aromatic N) is 1. The van der Waals surface area contributed by atoms with Gasteiger partial charge in [0.15, 0.2) is 0 Å². The Hall–Kier alpha value is -1.54. The van der Waals surface area contributed by atoms with Gasteiger partial charge in [-0.3, -0.25) is 0 Å². The molecule has 1 aliphatic rings. The fourth-order valence-electron chi connectivity index (χ4n) is 2.15. The zero-order valence-electron chi connectivity index (χ0n) is 12.7. The topological polar surface area (TPSA) is 91.7 Å². The molecule has 2 rings (SSSR count). The van der Waals surface area contributed by atoms with Crippen molar-refractivity contribution >= 4 is 16.1 Å². The van der Waals surface area contributed by atoms with Crippen LogP contribution in [-0.2, 0) is 16.6 Å². The molecule has 8 heteroatoms. The fourth-order valence-corrected chi connectivity index (χ4v) is 3.15. The van der Waals surface area contributed by atoms with E-state index in [1.54, 1.807) is 25.4 Å². The van der Waals surface area contributed by atoms with E-state index in [0.29, 0.717) is 24.8 Å². The molecule has 22 heavy (non-hydrogen) atoms. The molecule has 0 saturated heterocycles. The Kier molecular flexibility index (Phi) is 5.84. The third-order valence-corrected chi connectivity index (χ3v) is 5.13. The Morgan fingerprint density at radius 2 is 2.23 bits per heavy atom. The number of amides is 2. The number of hydrogen-bond donors (Lipinski definition) is 2. The first-order valence-corrected chi connectivity index (χ1v) is 9.10. The van der Waals surface area contributed by atoms with Crippen LogP contribution in [0.4, 0.5) is 4.79 Å². The Bertz CT molecular complexity index is 567. The number of rotatable bonds is 8. The van der Waals surface area contributed by atoms with Crippen LogP contribution in [0.15, 0.2) is 22.8 Å². The van der Waals surface area contributed by atoms with Gasteiger partial charge in [0.2, 0.25) is 10.0 Å². The molecule has 2 N–H and O–H groups in total. The van der Waals surface area contributed by atoms with Crippen LogP contribution in [0.25, 0.3) is 0 Å². The molecule has 1 aromatic rings. The second-order valence-electron chi connectivity index (χ2n) is 5.63. The standard InChI is InChI=1S/C14H23N3O4S/c1-17(11-13-6-3-8-21-13)14(18)15-7-9-22(19,20)16-10-12-4-2-5-12/h3,6,8,12,16H,2,4-5,7,9-11H2,1H3,(H,15,18). The number of sulfonamides is 1. The van der Waals surface area contributed by atoms with E-state index in [0.717, 1.165) is 12.8 Å². The van der Waals surface area contributed by atoms with E-state index < -0.39 is 10.0 Å². The number of nitrogens with one attached hydrogen (secondary N) is 2. The van der Waals surface area contributed by atoms with Crippen LogP contribution in [0.2, 0.25) is 0 Å². The Morgan fingerprint density at radius 3 is 2.82 bits per heavy atom. The highest BCUT2D eigenvalue weighted by Gasteiger charge is 2.20. The van der Waals surface area contributed by atoms with Gasteiger partial charge in [0.25, 0.3) is 0 Å². The van der Waals surface area contributed by atoms with Crippen molar-refractivity contribution in [2.24, 2.45) is 5.92 Å². The van der Waals surface area contributed by atoms with E-state index in [1.165, 1.54) is 11.3 Å². The maximum Gasteiger partial charge on any atom is 0.317 e. The summed E-state index contributed by atoms with van der Waals surface area (Å²) in [6.45, 7) is 0.932. The van der Waals surface area contributed by atoms with Crippen molar-refractivity contribution in [3.63, 3.8) is 0 Å². The average molecular weight is 329 g/mol. The van der Waals surface area contributed by atoms with Gasteiger partial charge in [-0.15, -0.1) is 0 Å². The number of urea groups is 1. The highest BCUT2D eigenvalue weighted by atomic mass is 32.2. The van der Waals surface area contributed by atoms with E-state index in [4.69, 9.17) is 4.42 Å². The Balaban J connectivity index is 1.64. The summed E-state index contributed by atoms with van der Waals surface area (Å²) < 4.78 is 31.3. The average Bonchev–Trinajstić information content (AvgIpc) is 2.89. The van der Waals surface area contributed by atoms with Crippen molar-refractivity contribution in [3.05, 3.63) is 24.2 Å². The third kappa shape index (κ3) is 5.34. The summed E-state index contributed by atoms with van der Waals surface area (Å²) in [5.74, 6) is 1.04. The van der Waals surface area contributed by atoms with Crippen molar-refractivity contribution < 1.29 is 17.6 Å². The van der Waals surface area contributed by atoms with Crippen LogP contribution < -0.4 is 10.0 Å². The van der Waals surface area contributed by atoms with E-state index >= 15 is 0 Å². The molecule has 7 nitrogen and oxygen atoms in total. The first-order valence-electron chi connectivity index (χ1n) is 7.45. The van der Waals surface area contributed by atoms with E-state index in [9.17, 15) is 13.2 Å². The summed E-state index contributed by atoms with van der Waals surface area (Å²) in [7, 11) is -1.70. The number of carbonyl (C=O) groups is 1. The summed E-state index contributed by atoms with van der Waals surface area (Å²) in [6, 6.07) is 3.20. The normalized spacial score (nSPS) is 15.3. The van der Waals surface area contributed by atoms with Crippen LogP contribution in [0.1, 0.15) is 25.0 Å². The van der Waals surface area contributed by atoms with Gasteiger partial charge in [-0.05, 0) is 30.9 Å². The minimum absolute atomic E-state index is 0.0847. The van der Waals surface area contributed by atoms with Gasteiger partial charge >= 0.3 is 6.03 Å². The molecule has 0 radical (unpaired) electrons. The molecular formula is C14H23N3O4S. The maximum absolute atomic E-state index is 11.8. The molecule has 0 spiro atoms. The molecule has 0 bridgehead atoms. The molecule has 2 amide bonds. The first-order chi connectivity index (χ1) is 10.5. The third-order valence-electron chi connectivity index (χ3n) is 3.78. The quantitative estimate of drug-likeness (QED) is 0.748. The molecule has 1 aromatic heterocycles. The van der Waals surface area contributed by atoms with Gasteiger partial charge in [0.1, 0.15) is 5.76 Å². The lowest BCUT2D eigenvalue weighted by molar-refractivity contribution is 0.203. The predicted octanol–water partition coefficient (Wildman–Crippen LogP) is 1.14. The maximum atomic E-state index is 11.8. The molecule has 1 aliphatic carbocycles. The summed E-state index contributed by atoms with van der Waals surface area (Å²) in [6.07, 6.45) is 4.92. The van der Waals surface area contributed by atoms with Gasteiger partial charge in [0.05, 0.1) is 18.6 Å². The Labute approximate surface area is 131 Å². The van der Waals surface area contributed by atoms with Crippen molar-refractivity contribution in [2.45, 2.75) is 25.8 Å². The van der Waals surface area contributed by atoms with E-state index in [1.807, 2.05) is 0 Å². The largest absolute Gasteiger partial charge is 0.467 e. The van der Waals surface area contributed by atoms with E-state index in [-0.39, 0.29) is 18.3 Å². The van der Waals surface area contributed by atoms with Crippen molar-refractivity contribution in [2.75, 3.05) is 25.9 Å². The minimum atomic E-state index is -3.33. The monoisotopic (exact) mass is 329 g/mol. The van der Waals surface area contributed by atoms with Crippen LogP contribution in [0.5, 0.6) is 0 Å². The van der Waals surface area contributed by atoms with Crippen LogP contribution >= 0.6 is 0 Å². The molecule has 1 fully saturated rings. The SMILES string of the molecule is CN(Cc1ccco1)C(=O)NCCS(=O)(=O)NCC1CCC1. The molecule has 0 atom stereocenters. The second-order valence-corrected chi connectivity index (χ2v) is 7.56. The molecular weight excluding hydrogens is 306 g/mol. The van der Waals surface area contributed by atoms with Gasteiger partial charge in [0, 0.05) is 20.1 Å². The number of hydrogen-bond acceptors (Lipinski definition) is 4. The zero-order valence-corrected chi connectivity index (χ0v) is 13.6. The smallest absolute Gasteiger partial charge is 0.317 e. The lowest BCUT2D eigenvalue weighted by atomic mass is 9.86. The molecule has 0 aromatic carbocycles. The van der Waals surface area contributed by atoms with Gasteiger partial charge in [-0.1, -0.05) is 6.42 Å². The van der Waals surface area contributed by atoms with Crippen LogP contribution in [-0.4, -0.2) is 45.2 Å². The van der Waals surface area contributed by atoms with Crippen LogP contribution in [0.3, 0.4) is 0 Å². The zero-order chi connectivity index (χ0) is 16.0. The molecule has 124 valence electrons. The van der Waals surface area contributed by atoms with E-state index in [2.05, 4.69) is 10.0 Å². The number of carbonyl (C=O) groups excluding carboxylic acids is 1. The lowest BCUT2D eigenvalue weighted by Gasteiger charge is -2.25. The molecule has 1 saturated carbocycles. The molecule has 0 aliphatic heterocycles. The second kappa shape index (κ2) is 7.64. The highest BCUT2D eigenvalue weighted by molar-refractivity contribution is 7.89.